The minimum absolute atomic E-state index is 0.00189. The van der Waals surface area contributed by atoms with E-state index < -0.39 is 15.3 Å². The SMILES string of the molecule is CCC1(CC)CC(NS(=O)(=O)C(C)CNC)CCO1. The van der Waals surface area contributed by atoms with Crippen molar-refractivity contribution >= 4 is 10.0 Å². The molecule has 0 saturated carbocycles. The van der Waals surface area contributed by atoms with Gasteiger partial charge in [0.2, 0.25) is 10.0 Å². The molecule has 1 aliphatic rings. The molecule has 0 amide bonds. The summed E-state index contributed by atoms with van der Waals surface area (Å²) < 4.78 is 33.1. The Morgan fingerprint density at radius 2 is 2.00 bits per heavy atom. The summed E-state index contributed by atoms with van der Waals surface area (Å²) in [7, 11) is -1.49. The summed E-state index contributed by atoms with van der Waals surface area (Å²) in [5.41, 5.74) is -0.155. The third-order valence-electron chi connectivity index (χ3n) is 4.13. The van der Waals surface area contributed by atoms with E-state index in [-0.39, 0.29) is 11.6 Å². The molecule has 1 heterocycles. The van der Waals surface area contributed by atoms with Gasteiger partial charge in [-0.25, -0.2) is 13.1 Å². The number of ether oxygens (including phenoxy) is 1. The Balaban J connectivity index is 2.66. The van der Waals surface area contributed by atoms with Crippen molar-refractivity contribution in [1.82, 2.24) is 10.0 Å². The Hall–Kier alpha value is -0.170. The first-order valence-corrected chi connectivity index (χ1v) is 8.73. The van der Waals surface area contributed by atoms with Crippen LogP contribution < -0.4 is 10.0 Å². The second-order valence-electron chi connectivity index (χ2n) is 5.46. The molecule has 0 aliphatic carbocycles. The van der Waals surface area contributed by atoms with Crippen molar-refractivity contribution in [1.29, 1.82) is 0 Å². The first-order valence-electron chi connectivity index (χ1n) is 7.19. The predicted molar refractivity (Wildman–Crippen MR) is 77.7 cm³/mol. The van der Waals surface area contributed by atoms with E-state index in [1.165, 1.54) is 0 Å². The van der Waals surface area contributed by atoms with Crippen LogP contribution in [0.25, 0.3) is 0 Å². The minimum Gasteiger partial charge on any atom is -0.375 e. The molecule has 6 heteroatoms. The lowest BCUT2D eigenvalue weighted by molar-refractivity contribution is -0.0905. The molecule has 0 aromatic heterocycles. The highest BCUT2D eigenvalue weighted by molar-refractivity contribution is 7.90. The first-order chi connectivity index (χ1) is 8.89. The predicted octanol–water partition coefficient (Wildman–Crippen LogP) is 1.25. The summed E-state index contributed by atoms with van der Waals surface area (Å²) >= 11 is 0. The normalized spacial score (nSPS) is 25.2. The van der Waals surface area contributed by atoms with Crippen molar-refractivity contribution in [2.24, 2.45) is 0 Å². The van der Waals surface area contributed by atoms with Gasteiger partial charge in [-0.1, -0.05) is 13.8 Å². The van der Waals surface area contributed by atoms with E-state index in [0.29, 0.717) is 13.2 Å². The highest BCUT2D eigenvalue weighted by Crippen LogP contribution is 2.31. The van der Waals surface area contributed by atoms with Crippen LogP contribution in [0.5, 0.6) is 0 Å². The topological polar surface area (TPSA) is 67.4 Å². The molecule has 0 spiro atoms. The Bertz CT molecular complexity index is 366. The molecular formula is C13H28N2O3S. The molecule has 1 aliphatic heterocycles. The van der Waals surface area contributed by atoms with Crippen molar-refractivity contribution in [2.45, 2.75) is 63.3 Å². The quantitative estimate of drug-likeness (QED) is 0.741. The molecule has 1 saturated heterocycles. The Kier molecular flexibility index (Phi) is 6.23. The van der Waals surface area contributed by atoms with Crippen LogP contribution in [0.4, 0.5) is 0 Å². The van der Waals surface area contributed by atoms with Crippen LogP contribution in [0, 0.1) is 0 Å². The molecule has 0 radical (unpaired) electrons. The van der Waals surface area contributed by atoms with Gasteiger partial charge in [0.1, 0.15) is 0 Å². The molecule has 1 rings (SSSR count). The fourth-order valence-electron chi connectivity index (χ4n) is 2.62. The van der Waals surface area contributed by atoms with Crippen molar-refractivity contribution < 1.29 is 13.2 Å². The highest BCUT2D eigenvalue weighted by Gasteiger charge is 2.36. The molecule has 0 aromatic carbocycles. The van der Waals surface area contributed by atoms with Gasteiger partial charge in [-0.15, -0.1) is 0 Å². The van der Waals surface area contributed by atoms with E-state index in [1.54, 1.807) is 14.0 Å². The van der Waals surface area contributed by atoms with Gasteiger partial charge in [-0.3, -0.25) is 0 Å². The van der Waals surface area contributed by atoms with Crippen molar-refractivity contribution in [2.75, 3.05) is 20.2 Å². The molecular weight excluding hydrogens is 264 g/mol. The molecule has 0 aromatic rings. The largest absolute Gasteiger partial charge is 0.375 e. The van der Waals surface area contributed by atoms with Crippen LogP contribution in [0.15, 0.2) is 0 Å². The summed E-state index contributed by atoms with van der Waals surface area (Å²) in [6.07, 6.45) is 3.38. The van der Waals surface area contributed by atoms with Crippen molar-refractivity contribution in [3.8, 4) is 0 Å². The zero-order valence-corrected chi connectivity index (χ0v) is 13.3. The highest BCUT2D eigenvalue weighted by atomic mass is 32.2. The maximum atomic E-state index is 12.2. The monoisotopic (exact) mass is 292 g/mol. The van der Waals surface area contributed by atoms with Crippen molar-refractivity contribution in [3.05, 3.63) is 0 Å². The van der Waals surface area contributed by atoms with Crippen molar-refractivity contribution in [3.63, 3.8) is 0 Å². The van der Waals surface area contributed by atoms with E-state index in [9.17, 15) is 8.42 Å². The lowest BCUT2D eigenvalue weighted by atomic mass is 9.86. The van der Waals surface area contributed by atoms with Gasteiger partial charge in [-0.05, 0) is 39.7 Å². The summed E-state index contributed by atoms with van der Waals surface area (Å²) in [6, 6.07) is -0.00189. The second kappa shape index (κ2) is 7.02. The third kappa shape index (κ3) is 4.41. The maximum absolute atomic E-state index is 12.2. The van der Waals surface area contributed by atoms with Gasteiger partial charge in [0.05, 0.1) is 10.9 Å². The molecule has 2 unspecified atom stereocenters. The molecule has 0 bridgehead atoms. The molecule has 2 atom stereocenters. The van der Waals surface area contributed by atoms with Gasteiger partial charge in [0.25, 0.3) is 0 Å². The third-order valence-corrected chi connectivity index (χ3v) is 6.02. The number of sulfonamides is 1. The van der Waals surface area contributed by atoms with E-state index in [4.69, 9.17) is 4.74 Å². The van der Waals surface area contributed by atoms with Crippen LogP contribution in [0.2, 0.25) is 0 Å². The average molecular weight is 292 g/mol. The van der Waals surface area contributed by atoms with Gasteiger partial charge < -0.3 is 10.1 Å². The Morgan fingerprint density at radius 1 is 1.37 bits per heavy atom. The zero-order valence-electron chi connectivity index (χ0n) is 12.5. The molecule has 2 N–H and O–H groups in total. The number of hydrogen-bond acceptors (Lipinski definition) is 4. The van der Waals surface area contributed by atoms with Crippen LogP contribution in [-0.2, 0) is 14.8 Å². The van der Waals surface area contributed by atoms with Gasteiger partial charge in [0, 0.05) is 19.2 Å². The molecule has 5 nitrogen and oxygen atoms in total. The summed E-state index contributed by atoms with van der Waals surface area (Å²) in [6.45, 7) is 7.03. The fraction of sp³-hybridized carbons (Fsp3) is 1.00. The smallest absolute Gasteiger partial charge is 0.215 e. The average Bonchev–Trinajstić information content (AvgIpc) is 2.38. The van der Waals surface area contributed by atoms with Gasteiger partial charge in [-0.2, -0.15) is 0 Å². The van der Waals surface area contributed by atoms with Crippen LogP contribution >= 0.6 is 0 Å². The second-order valence-corrected chi connectivity index (χ2v) is 7.59. The molecule has 114 valence electrons. The molecule has 19 heavy (non-hydrogen) atoms. The van der Waals surface area contributed by atoms with E-state index in [1.807, 2.05) is 0 Å². The minimum atomic E-state index is -3.26. The number of rotatable bonds is 7. The van der Waals surface area contributed by atoms with Crippen LogP contribution in [-0.4, -0.2) is 45.5 Å². The van der Waals surface area contributed by atoms with Gasteiger partial charge in [0.15, 0.2) is 0 Å². The Morgan fingerprint density at radius 3 is 2.53 bits per heavy atom. The van der Waals surface area contributed by atoms with E-state index in [0.717, 1.165) is 25.7 Å². The van der Waals surface area contributed by atoms with Gasteiger partial charge >= 0.3 is 0 Å². The number of hydrogen-bond donors (Lipinski definition) is 2. The zero-order chi connectivity index (χ0) is 14.5. The lowest BCUT2D eigenvalue weighted by Gasteiger charge is -2.40. The lowest BCUT2D eigenvalue weighted by Crippen LogP contribution is -2.50. The maximum Gasteiger partial charge on any atom is 0.215 e. The summed E-state index contributed by atoms with van der Waals surface area (Å²) in [4.78, 5) is 0. The first kappa shape index (κ1) is 16.9. The molecule has 1 fully saturated rings. The summed E-state index contributed by atoms with van der Waals surface area (Å²) in [5, 5.41) is 2.49. The standard InChI is InChI=1S/C13H28N2O3S/c1-5-13(6-2)9-12(7-8-18-13)15-19(16,17)11(3)10-14-4/h11-12,14-15H,5-10H2,1-4H3. The Labute approximate surface area is 117 Å². The van der Waals surface area contributed by atoms with E-state index >= 15 is 0 Å². The number of nitrogens with one attached hydrogen (secondary N) is 2. The summed E-state index contributed by atoms with van der Waals surface area (Å²) in [5.74, 6) is 0. The van der Waals surface area contributed by atoms with Crippen LogP contribution in [0.3, 0.4) is 0 Å². The fourth-order valence-corrected chi connectivity index (χ4v) is 3.90. The van der Waals surface area contributed by atoms with E-state index in [2.05, 4.69) is 23.9 Å². The van der Waals surface area contributed by atoms with Crippen LogP contribution in [0.1, 0.15) is 46.5 Å².